The summed E-state index contributed by atoms with van der Waals surface area (Å²) in [7, 11) is 0. The fraction of sp³-hybridized carbons (Fsp3) is 0.105. The van der Waals surface area contributed by atoms with Crippen molar-refractivity contribution in [1.29, 1.82) is 0 Å². The van der Waals surface area contributed by atoms with Gasteiger partial charge in [0.2, 0.25) is 5.91 Å². The van der Waals surface area contributed by atoms with Gasteiger partial charge in [-0.3, -0.25) is 9.59 Å². The summed E-state index contributed by atoms with van der Waals surface area (Å²) >= 11 is 6.15. The molecular formula is C19H13ClFN3O2. The molecule has 0 fully saturated rings. The maximum absolute atomic E-state index is 14.4. The van der Waals surface area contributed by atoms with Crippen LogP contribution < -0.4 is 10.9 Å². The summed E-state index contributed by atoms with van der Waals surface area (Å²) in [5, 5.41) is 2.78. The predicted molar refractivity (Wildman–Crippen MR) is 96.8 cm³/mol. The highest BCUT2D eigenvalue weighted by Crippen LogP contribution is 2.38. The number of nitrogens with zero attached hydrogens (tertiary/aromatic N) is 1. The molecule has 0 unspecified atom stereocenters. The first-order chi connectivity index (χ1) is 12.5. The van der Waals surface area contributed by atoms with Crippen molar-refractivity contribution >= 4 is 23.3 Å². The lowest BCUT2D eigenvalue weighted by Crippen LogP contribution is -2.31. The number of nitrogens with one attached hydrogen (secondary N) is 2. The van der Waals surface area contributed by atoms with Crippen LogP contribution in [-0.4, -0.2) is 15.9 Å². The number of rotatable bonds is 2. The molecule has 0 saturated carbocycles. The van der Waals surface area contributed by atoms with Crippen molar-refractivity contribution in [2.24, 2.45) is 0 Å². The second kappa shape index (κ2) is 6.38. The maximum Gasteiger partial charge on any atom is 0.257 e. The molecular weight excluding hydrogens is 357 g/mol. The molecule has 130 valence electrons. The largest absolute Gasteiger partial charge is 0.310 e. The molecule has 7 heteroatoms. The Labute approximate surface area is 152 Å². The summed E-state index contributed by atoms with van der Waals surface area (Å²) < 4.78 is 14.4. The molecule has 0 spiro atoms. The van der Waals surface area contributed by atoms with E-state index in [2.05, 4.69) is 15.3 Å². The van der Waals surface area contributed by atoms with Crippen LogP contribution in [0.2, 0.25) is 5.02 Å². The fourth-order valence-electron chi connectivity index (χ4n) is 3.19. The van der Waals surface area contributed by atoms with Gasteiger partial charge in [0, 0.05) is 28.5 Å². The zero-order valence-electron chi connectivity index (χ0n) is 13.4. The molecule has 1 aliphatic rings. The summed E-state index contributed by atoms with van der Waals surface area (Å²) in [5.74, 6) is -1.25. The SMILES string of the molecule is O=C1C[C@@H](c2c(F)cccc2Cl)c2c(nc(-c3ccccc3)[nH]c2=O)N1. The molecule has 4 rings (SSSR count). The van der Waals surface area contributed by atoms with E-state index in [1.807, 2.05) is 18.2 Å². The van der Waals surface area contributed by atoms with E-state index in [0.717, 1.165) is 0 Å². The monoisotopic (exact) mass is 369 g/mol. The molecule has 2 N–H and O–H groups in total. The molecule has 1 aromatic heterocycles. The van der Waals surface area contributed by atoms with Gasteiger partial charge in [-0.1, -0.05) is 48.0 Å². The molecule has 2 heterocycles. The van der Waals surface area contributed by atoms with Crippen LogP contribution in [0, 0.1) is 5.82 Å². The first-order valence-corrected chi connectivity index (χ1v) is 8.36. The Morgan fingerprint density at radius 1 is 1.04 bits per heavy atom. The molecule has 1 atom stereocenters. The molecule has 3 aromatic rings. The number of amides is 1. The Morgan fingerprint density at radius 3 is 2.54 bits per heavy atom. The molecule has 0 radical (unpaired) electrons. The van der Waals surface area contributed by atoms with Gasteiger partial charge in [-0.2, -0.15) is 0 Å². The smallest absolute Gasteiger partial charge is 0.257 e. The molecule has 0 aliphatic carbocycles. The van der Waals surface area contributed by atoms with E-state index in [9.17, 15) is 14.0 Å². The van der Waals surface area contributed by atoms with Gasteiger partial charge in [0.25, 0.3) is 5.56 Å². The van der Waals surface area contributed by atoms with Crippen molar-refractivity contribution < 1.29 is 9.18 Å². The Hall–Kier alpha value is -2.99. The lowest BCUT2D eigenvalue weighted by atomic mass is 9.86. The van der Waals surface area contributed by atoms with Crippen LogP contribution >= 0.6 is 11.6 Å². The summed E-state index contributed by atoms with van der Waals surface area (Å²) in [4.78, 5) is 32.0. The average molecular weight is 370 g/mol. The van der Waals surface area contributed by atoms with Gasteiger partial charge < -0.3 is 10.3 Å². The van der Waals surface area contributed by atoms with Gasteiger partial charge in [-0.05, 0) is 12.1 Å². The summed E-state index contributed by atoms with van der Waals surface area (Å²) in [5.41, 5.74) is 0.604. The number of anilines is 1. The Morgan fingerprint density at radius 2 is 1.81 bits per heavy atom. The standard InChI is InChI=1S/C19H13ClFN3O2/c20-12-7-4-8-13(21)15(12)11-9-14(25)22-18-16(11)19(26)24-17(23-18)10-5-2-1-3-6-10/h1-8,11H,9H2,(H2,22,23,24,25,26)/t11-/m0/s1. The number of fused-ring (bicyclic) bond motifs is 1. The van der Waals surface area contributed by atoms with E-state index < -0.39 is 17.3 Å². The van der Waals surface area contributed by atoms with E-state index in [1.54, 1.807) is 12.1 Å². The van der Waals surface area contributed by atoms with E-state index in [4.69, 9.17) is 11.6 Å². The number of carbonyl (C=O) groups excluding carboxylic acids is 1. The number of carbonyl (C=O) groups is 1. The third-order valence-electron chi connectivity index (χ3n) is 4.35. The Bertz CT molecular complexity index is 1050. The van der Waals surface area contributed by atoms with Crippen LogP contribution in [0.15, 0.2) is 53.3 Å². The summed E-state index contributed by atoms with van der Waals surface area (Å²) in [6.07, 6.45) is -0.0803. The van der Waals surface area contributed by atoms with Crippen LogP contribution in [0.5, 0.6) is 0 Å². The first-order valence-electron chi connectivity index (χ1n) is 7.98. The highest BCUT2D eigenvalue weighted by Gasteiger charge is 2.33. The first kappa shape index (κ1) is 16.5. The molecule has 26 heavy (non-hydrogen) atoms. The molecule has 0 saturated heterocycles. The van der Waals surface area contributed by atoms with E-state index in [1.165, 1.54) is 18.2 Å². The summed E-state index contributed by atoms with van der Waals surface area (Å²) in [6, 6.07) is 13.3. The van der Waals surface area contributed by atoms with Crippen molar-refractivity contribution in [3.8, 4) is 11.4 Å². The van der Waals surface area contributed by atoms with Gasteiger partial charge in [-0.25, -0.2) is 9.37 Å². The van der Waals surface area contributed by atoms with Crippen molar-refractivity contribution in [2.45, 2.75) is 12.3 Å². The molecule has 2 aromatic carbocycles. The number of H-pyrrole nitrogens is 1. The quantitative estimate of drug-likeness (QED) is 0.723. The number of hydrogen-bond donors (Lipinski definition) is 2. The van der Waals surface area contributed by atoms with Gasteiger partial charge in [0.1, 0.15) is 17.5 Å². The van der Waals surface area contributed by atoms with Crippen molar-refractivity contribution in [2.75, 3.05) is 5.32 Å². The number of benzene rings is 2. The van der Waals surface area contributed by atoms with Crippen LogP contribution in [0.3, 0.4) is 0 Å². The lowest BCUT2D eigenvalue weighted by Gasteiger charge is -2.25. The van der Waals surface area contributed by atoms with E-state index in [-0.39, 0.29) is 34.3 Å². The molecule has 1 amide bonds. The normalized spacial score (nSPS) is 16.1. The number of aromatic nitrogens is 2. The van der Waals surface area contributed by atoms with Gasteiger partial charge in [0.05, 0.1) is 5.56 Å². The van der Waals surface area contributed by atoms with Crippen LogP contribution in [0.25, 0.3) is 11.4 Å². The molecule has 1 aliphatic heterocycles. The van der Waals surface area contributed by atoms with Crippen molar-refractivity contribution in [3.05, 3.63) is 80.9 Å². The van der Waals surface area contributed by atoms with Crippen LogP contribution in [0.4, 0.5) is 10.2 Å². The minimum atomic E-state index is -0.798. The third-order valence-corrected chi connectivity index (χ3v) is 4.68. The molecule has 5 nitrogen and oxygen atoms in total. The van der Waals surface area contributed by atoms with Crippen molar-refractivity contribution in [3.63, 3.8) is 0 Å². The van der Waals surface area contributed by atoms with Gasteiger partial charge in [-0.15, -0.1) is 0 Å². The van der Waals surface area contributed by atoms with Crippen molar-refractivity contribution in [1.82, 2.24) is 9.97 Å². The zero-order chi connectivity index (χ0) is 18.3. The highest BCUT2D eigenvalue weighted by atomic mass is 35.5. The second-order valence-electron chi connectivity index (χ2n) is 5.98. The summed E-state index contributed by atoms with van der Waals surface area (Å²) in [6.45, 7) is 0. The number of aromatic amines is 1. The fourth-order valence-corrected chi connectivity index (χ4v) is 3.49. The minimum absolute atomic E-state index is 0.0803. The topological polar surface area (TPSA) is 74.8 Å². The van der Waals surface area contributed by atoms with E-state index >= 15 is 0 Å². The lowest BCUT2D eigenvalue weighted by molar-refractivity contribution is -0.116. The maximum atomic E-state index is 14.4. The van der Waals surface area contributed by atoms with Gasteiger partial charge in [0.15, 0.2) is 0 Å². The average Bonchev–Trinajstić information content (AvgIpc) is 2.61. The van der Waals surface area contributed by atoms with Gasteiger partial charge >= 0.3 is 0 Å². The zero-order valence-corrected chi connectivity index (χ0v) is 14.2. The third kappa shape index (κ3) is 2.78. The molecule has 0 bridgehead atoms. The minimum Gasteiger partial charge on any atom is -0.310 e. The van der Waals surface area contributed by atoms with Crippen LogP contribution in [-0.2, 0) is 4.79 Å². The Balaban J connectivity index is 1.91. The Kier molecular flexibility index (Phi) is 4.05. The van der Waals surface area contributed by atoms with E-state index in [0.29, 0.717) is 11.4 Å². The van der Waals surface area contributed by atoms with Crippen LogP contribution in [0.1, 0.15) is 23.5 Å². The number of halogens is 2. The predicted octanol–water partition coefficient (Wildman–Crippen LogP) is 3.70. The second-order valence-corrected chi connectivity index (χ2v) is 6.39. The number of hydrogen-bond acceptors (Lipinski definition) is 3. The highest BCUT2D eigenvalue weighted by molar-refractivity contribution is 6.31.